The fourth-order valence-corrected chi connectivity index (χ4v) is 3.41. The summed E-state index contributed by atoms with van der Waals surface area (Å²) in [4.78, 5) is 13.9. The van der Waals surface area contributed by atoms with Crippen molar-refractivity contribution in [3.8, 4) is 5.75 Å². The Hall–Kier alpha value is -2.09. The highest BCUT2D eigenvalue weighted by Crippen LogP contribution is 2.39. The molecule has 1 amide bonds. The van der Waals surface area contributed by atoms with E-state index in [0.29, 0.717) is 18.0 Å². The largest absolute Gasteiger partial charge is 0.494 e. The van der Waals surface area contributed by atoms with Crippen molar-refractivity contribution in [2.75, 3.05) is 19.9 Å². The maximum atomic E-state index is 13.7. The molecule has 0 spiro atoms. The molecule has 1 aliphatic rings. The van der Waals surface area contributed by atoms with Crippen LogP contribution in [0.2, 0.25) is 0 Å². The Morgan fingerprint density at radius 1 is 1.44 bits per heavy atom. The maximum Gasteiger partial charge on any atom is 0.233 e. The molecule has 1 aromatic carbocycles. The van der Waals surface area contributed by atoms with E-state index in [-0.39, 0.29) is 17.4 Å². The molecule has 0 N–H and O–H groups in total. The second-order valence-electron chi connectivity index (χ2n) is 6.18. The summed E-state index contributed by atoms with van der Waals surface area (Å²) in [7, 11) is 5.06. The SMILES string of the molecule is COc1ccc(CN(C)C(=O)CSc2nnc(C3CC3)n2C)cc1F. The lowest BCUT2D eigenvalue weighted by Crippen LogP contribution is -2.28. The number of carbonyl (C=O) groups is 1. The lowest BCUT2D eigenvalue weighted by molar-refractivity contribution is -0.127. The molecule has 1 aromatic heterocycles. The lowest BCUT2D eigenvalue weighted by Gasteiger charge is -2.17. The van der Waals surface area contributed by atoms with Crippen molar-refractivity contribution in [3.63, 3.8) is 0 Å². The molecule has 134 valence electrons. The van der Waals surface area contributed by atoms with Crippen LogP contribution in [0.5, 0.6) is 5.75 Å². The summed E-state index contributed by atoms with van der Waals surface area (Å²) >= 11 is 1.37. The third-order valence-electron chi connectivity index (χ3n) is 4.20. The van der Waals surface area contributed by atoms with E-state index >= 15 is 0 Å². The van der Waals surface area contributed by atoms with Crippen molar-refractivity contribution in [1.82, 2.24) is 19.7 Å². The Morgan fingerprint density at radius 3 is 2.84 bits per heavy atom. The number of benzene rings is 1. The van der Waals surface area contributed by atoms with Gasteiger partial charge in [0.25, 0.3) is 0 Å². The highest BCUT2D eigenvalue weighted by molar-refractivity contribution is 7.99. The fourth-order valence-electron chi connectivity index (χ4n) is 2.56. The second-order valence-corrected chi connectivity index (χ2v) is 7.12. The van der Waals surface area contributed by atoms with E-state index in [4.69, 9.17) is 4.74 Å². The van der Waals surface area contributed by atoms with Gasteiger partial charge in [-0.05, 0) is 30.5 Å². The van der Waals surface area contributed by atoms with Gasteiger partial charge in [-0.1, -0.05) is 17.8 Å². The van der Waals surface area contributed by atoms with Crippen molar-refractivity contribution in [3.05, 3.63) is 35.4 Å². The van der Waals surface area contributed by atoms with Crippen LogP contribution in [0.1, 0.15) is 30.1 Å². The average molecular weight is 364 g/mol. The van der Waals surface area contributed by atoms with Crippen LogP contribution < -0.4 is 4.74 Å². The highest BCUT2D eigenvalue weighted by atomic mass is 32.2. The molecule has 0 radical (unpaired) electrons. The van der Waals surface area contributed by atoms with Gasteiger partial charge in [-0.2, -0.15) is 0 Å². The molecule has 0 aliphatic heterocycles. The molecule has 0 saturated heterocycles. The van der Waals surface area contributed by atoms with Crippen LogP contribution >= 0.6 is 11.8 Å². The van der Waals surface area contributed by atoms with E-state index in [9.17, 15) is 9.18 Å². The molecule has 25 heavy (non-hydrogen) atoms. The van der Waals surface area contributed by atoms with Crippen LogP contribution in [-0.2, 0) is 18.4 Å². The summed E-state index contributed by atoms with van der Waals surface area (Å²) in [6.45, 7) is 0.340. The predicted octanol–water partition coefficient (Wildman–Crippen LogP) is 2.59. The molecular weight excluding hydrogens is 343 g/mol. The molecule has 8 heteroatoms. The molecule has 0 bridgehead atoms. The van der Waals surface area contributed by atoms with Crippen molar-refractivity contribution in [2.24, 2.45) is 7.05 Å². The number of nitrogens with zero attached hydrogens (tertiary/aromatic N) is 4. The van der Waals surface area contributed by atoms with E-state index in [1.54, 1.807) is 24.1 Å². The maximum absolute atomic E-state index is 13.7. The van der Waals surface area contributed by atoms with Crippen LogP contribution in [0.4, 0.5) is 4.39 Å². The molecule has 6 nitrogen and oxygen atoms in total. The minimum atomic E-state index is -0.429. The zero-order chi connectivity index (χ0) is 18.0. The van der Waals surface area contributed by atoms with E-state index in [0.717, 1.165) is 23.8 Å². The van der Waals surface area contributed by atoms with E-state index < -0.39 is 5.82 Å². The number of methoxy groups -OCH3 is 1. The van der Waals surface area contributed by atoms with Gasteiger partial charge in [-0.15, -0.1) is 10.2 Å². The number of thioether (sulfide) groups is 1. The first-order valence-corrected chi connectivity index (χ1v) is 9.06. The number of rotatable bonds is 7. The Kier molecular flexibility index (Phi) is 5.27. The summed E-state index contributed by atoms with van der Waals surface area (Å²) in [6.07, 6.45) is 2.33. The number of aromatic nitrogens is 3. The Balaban J connectivity index is 1.54. The minimum absolute atomic E-state index is 0.0443. The van der Waals surface area contributed by atoms with Crippen molar-refractivity contribution < 1.29 is 13.9 Å². The molecule has 1 fully saturated rings. The Bertz CT molecular complexity index is 776. The van der Waals surface area contributed by atoms with Gasteiger partial charge in [0.05, 0.1) is 12.9 Å². The third-order valence-corrected chi connectivity index (χ3v) is 5.20. The van der Waals surface area contributed by atoms with Crippen molar-refractivity contribution >= 4 is 17.7 Å². The number of amides is 1. The first kappa shape index (κ1) is 17.7. The van der Waals surface area contributed by atoms with Gasteiger partial charge in [0.2, 0.25) is 5.91 Å². The summed E-state index contributed by atoms with van der Waals surface area (Å²) in [6, 6.07) is 4.71. The standard InChI is InChI=1S/C17H21FN4O2S/c1-21(9-11-4-7-14(24-3)13(18)8-11)15(23)10-25-17-20-19-16(22(17)2)12-5-6-12/h4,7-8,12H,5-6,9-10H2,1-3H3. The highest BCUT2D eigenvalue weighted by Gasteiger charge is 2.29. The molecule has 1 heterocycles. The average Bonchev–Trinajstić information content (AvgIpc) is 3.36. The van der Waals surface area contributed by atoms with Crippen LogP contribution in [0.15, 0.2) is 23.4 Å². The Labute approximate surface area is 150 Å². The lowest BCUT2D eigenvalue weighted by atomic mass is 10.2. The first-order chi connectivity index (χ1) is 12.0. The van der Waals surface area contributed by atoms with Crippen LogP contribution in [0.25, 0.3) is 0 Å². The van der Waals surface area contributed by atoms with E-state index in [2.05, 4.69) is 10.2 Å². The molecule has 2 aromatic rings. The van der Waals surface area contributed by atoms with Gasteiger partial charge in [-0.25, -0.2) is 4.39 Å². The van der Waals surface area contributed by atoms with Gasteiger partial charge < -0.3 is 14.2 Å². The van der Waals surface area contributed by atoms with E-state index in [1.165, 1.54) is 24.9 Å². The first-order valence-electron chi connectivity index (χ1n) is 8.08. The summed E-state index contributed by atoms with van der Waals surface area (Å²) in [5, 5.41) is 9.12. The molecule has 3 rings (SSSR count). The fraction of sp³-hybridized carbons (Fsp3) is 0.471. The van der Waals surface area contributed by atoms with Crippen LogP contribution in [-0.4, -0.2) is 45.5 Å². The summed E-state index contributed by atoms with van der Waals surface area (Å²) in [5.41, 5.74) is 0.717. The molecular formula is C17H21FN4O2S. The number of hydrogen-bond acceptors (Lipinski definition) is 5. The zero-order valence-corrected chi connectivity index (χ0v) is 15.3. The molecule has 0 unspecified atom stereocenters. The van der Waals surface area contributed by atoms with Gasteiger partial charge in [0.15, 0.2) is 16.7 Å². The number of hydrogen-bond donors (Lipinski definition) is 0. The number of ether oxygens (including phenoxy) is 1. The van der Waals surface area contributed by atoms with Crippen molar-refractivity contribution in [2.45, 2.75) is 30.5 Å². The number of halogens is 1. The predicted molar refractivity (Wildman–Crippen MR) is 93.1 cm³/mol. The quantitative estimate of drug-likeness (QED) is 0.707. The molecule has 1 aliphatic carbocycles. The van der Waals surface area contributed by atoms with E-state index in [1.807, 2.05) is 11.6 Å². The van der Waals surface area contributed by atoms with Gasteiger partial charge in [0.1, 0.15) is 5.82 Å². The van der Waals surface area contributed by atoms with Gasteiger partial charge >= 0.3 is 0 Å². The van der Waals surface area contributed by atoms with Crippen LogP contribution in [0.3, 0.4) is 0 Å². The monoisotopic (exact) mass is 364 g/mol. The van der Waals surface area contributed by atoms with Gasteiger partial charge in [-0.3, -0.25) is 4.79 Å². The Morgan fingerprint density at radius 2 is 2.20 bits per heavy atom. The molecule has 0 atom stereocenters. The molecule has 1 saturated carbocycles. The second kappa shape index (κ2) is 7.43. The topological polar surface area (TPSA) is 60.2 Å². The zero-order valence-electron chi connectivity index (χ0n) is 14.5. The minimum Gasteiger partial charge on any atom is -0.494 e. The normalized spacial score (nSPS) is 13.8. The van der Waals surface area contributed by atoms with Crippen LogP contribution in [0, 0.1) is 5.82 Å². The smallest absolute Gasteiger partial charge is 0.233 e. The van der Waals surface area contributed by atoms with Crippen molar-refractivity contribution in [1.29, 1.82) is 0 Å². The van der Waals surface area contributed by atoms with Gasteiger partial charge in [0, 0.05) is 26.6 Å². The number of carbonyl (C=O) groups excluding carboxylic acids is 1. The summed E-state index contributed by atoms with van der Waals surface area (Å²) < 4.78 is 20.6. The summed E-state index contributed by atoms with van der Waals surface area (Å²) in [5.74, 6) is 1.51. The third kappa shape index (κ3) is 4.12.